The first-order chi connectivity index (χ1) is 13.0. The molecule has 0 bridgehead atoms. The van der Waals surface area contributed by atoms with Crippen LogP contribution in [0.4, 0.5) is 0 Å². The van der Waals surface area contributed by atoms with Crippen LogP contribution in [0, 0.1) is 13.8 Å². The van der Waals surface area contributed by atoms with Gasteiger partial charge in [-0.3, -0.25) is 4.79 Å². The lowest BCUT2D eigenvalue weighted by Crippen LogP contribution is -2.24. The van der Waals surface area contributed by atoms with Crippen LogP contribution in [-0.2, 0) is 13.1 Å². The summed E-state index contributed by atoms with van der Waals surface area (Å²) < 4.78 is 1.82. The van der Waals surface area contributed by atoms with Gasteiger partial charge in [0.1, 0.15) is 0 Å². The fourth-order valence-corrected chi connectivity index (χ4v) is 3.19. The van der Waals surface area contributed by atoms with Gasteiger partial charge in [0.25, 0.3) is 5.91 Å². The number of rotatable bonds is 6. The molecule has 3 rings (SSSR count). The third-order valence-corrected chi connectivity index (χ3v) is 4.49. The van der Waals surface area contributed by atoms with E-state index in [1.807, 2.05) is 48.9 Å². The molecule has 0 aliphatic carbocycles. The third kappa shape index (κ3) is 4.44. The van der Waals surface area contributed by atoms with E-state index < -0.39 is 0 Å². The summed E-state index contributed by atoms with van der Waals surface area (Å²) in [5.41, 5.74) is 5.51. The van der Waals surface area contributed by atoms with Crippen LogP contribution < -0.4 is 5.32 Å². The number of nitrogens with one attached hydrogen (secondary N) is 1. The number of hydrogen-bond acceptors (Lipinski definition) is 3. The standard InChI is InChI=1S/C22H26N4O/c1-16-21(17(2)26(24-16)20-8-6-5-7-9-20)22(27)23-14-18-10-12-19(13-11-18)15-25(3)4/h5-13H,14-15H2,1-4H3,(H,23,27). The van der Waals surface area contributed by atoms with Crippen molar-refractivity contribution in [3.05, 3.63) is 82.7 Å². The second-order valence-electron chi connectivity index (χ2n) is 7.03. The summed E-state index contributed by atoms with van der Waals surface area (Å²) in [4.78, 5) is 14.9. The zero-order valence-electron chi connectivity index (χ0n) is 16.4. The van der Waals surface area contributed by atoms with Gasteiger partial charge >= 0.3 is 0 Å². The van der Waals surface area contributed by atoms with Crippen molar-refractivity contribution >= 4 is 5.91 Å². The topological polar surface area (TPSA) is 50.2 Å². The number of hydrogen-bond donors (Lipinski definition) is 1. The minimum atomic E-state index is -0.0930. The number of para-hydroxylation sites is 1. The summed E-state index contributed by atoms with van der Waals surface area (Å²) in [6, 6.07) is 18.2. The second kappa shape index (κ2) is 8.18. The molecule has 2 aromatic carbocycles. The maximum absolute atomic E-state index is 12.7. The summed E-state index contributed by atoms with van der Waals surface area (Å²) in [7, 11) is 4.10. The molecular formula is C22H26N4O. The Morgan fingerprint density at radius 1 is 1.00 bits per heavy atom. The molecule has 140 valence electrons. The molecule has 1 aromatic heterocycles. The molecule has 0 radical (unpaired) electrons. The van der Waals surface area contributed by atoms with Crippen molar-refractivity contribution in [3.8, 4) is 5.69 Å². The Bertz CT molecular complexity index is 911. The molecule has 0 saturated heterocycles. The number of carbonyl (C=O) groups is 1. The first-order valence-corrected chi connectivity index (χ1v) is 9.08. The smallest absolute Gasteiger partial charge is 0.255 e. The molecule has 1 heterocycles. The van der Waals surface area contributed by atoms with E-state index in [2.05, 4.69) is 53.7 Å². The largest absolute Gasteiger partial charge is 0.348 e. The third-order valence-electron chi connectivity index (χ3n) is 4.49. The van der Waals surface area contributed by atoms with E-state index in [0.717, 1.165) is 29.2 Å². The van der Waals surface area contributed by atoms with E-state index in [9.17, 15) is 4.79 Å². The molecule has 0 aliphatic rings. The average molecular weight is 362 g/mol. The van der Waals surface area contributed by atoms with Crippen molar-refractivity contribution < 1.29 is 4.79 Å². The van der Waals surface area contributed by atoms with E-state index in [1.165, 1.54) is 5.56 Å². The highest BCUT2D eigenvalue weighted by Gasteiger charge is 2.19. The van der Waals surface area contributed by atoms with E-state index in [0.29, 0.717) is 12.1 Å². The molecule has 5 heteroatoms. The molecule has 5 nitrogen and oxygen atoms in total. The highest BCUT2D eigenvalue weighted by atomic mass is 16.1. The minimum Gasteiger partial charge on any atom is -0.348 e. The molecule has 1 N–H and O–H groups in total. The first-order valence-electron chi connectivity index (χ1n) is 9.08. The van der Waals surface area contributed by atoms with E-state index in [4.69, 9.17) is 0 Å². The van der Waals surface area contributed by atoms with Gasteiger partial charge in [-0.25, -0.2) is 4.68 Å². The lowest BCUT2D eigenvalue weighted by molar-refractivity contribution is 0.0949. The summed E-state index contributed by atoms with van der Waals surface area (Å²) in [6.07, 6.45) is 0. The van der Waals surface area contributed by atoms with E-state index >= 15 is 0 Å². The van der Waals surface area contributed by atoms with Crippen LogP contribution in [0.1, 0.15) is 32.9 Å². The van der Waals surface area contributed by atoms with E-state index in [-0.39, 0.29) is 5.91 Å². The van der Waals surface area contributed by atoms with Crippen LogP contribution in [0.15, 0.2) is 54.6 Å². The highest BCUT2D eigenvalue weighted by Crippen LogP contribution is 2.18. The second-order valence-corrected chi connectivity index (χ2v) is 7.03. The summed E-state index contributed by atoms with van der Waals surface area (Å²) in [5, 5.41) is 7.57. The van der Waals surface area contributed by atoms with Crippen LogP contribution in [-0.4, -0.2) is 34.7 Å². The van der Waals surface area contributed by atoms with Crippen LogP contribution >= 0.6 is 0 Å². The molecule has 0 atom stereocenters. The van der Waals surface area contributed by atoms with Crippen molar-refractivity contribution in [2.75, 3.05) is 14.1 Å². The van der Waals surface area contributed by atoms with Crippen molar-refractivity contribution in [2.24, 2.45) is 0 Å². The van der Waals surface area contributed by atoms with Gasteiger partial charge in [-0.05, 0) is 51.2 Å². The molecule has 27 heavy (non-hydrogen) atoms. The maximum Gasteiger partial charge on any atom is 0.255 e. The number of amides is 1. The zero-order valence-corrected chi connectivity index (χ0v) is 16.4. The number of benzene rings is 2. The Hall–Kier alpha value is -2.92. The van der Waals surface area contributed by atoms with Crippen LogP contribution in [0.3, 0.4) is 0 Å². The monoisotopic (exact) mass is 362 g/mol. The normalized spacial score (nSPS) is 11.0. The summed E-state index contributed by atoms with van der Waals surface area (Å²) >= 11 is 0. The Balaban J connectivity index is 1.71. The van der Waals surface area contributed by atoms with Crippen molar-refractivity contribution in [3.63, 3.8) is 0 Å². The van der Waals surface area contributed by atoms with Crippen molar-refractivity contribution in [1.29, 1.82) is 0 Å². The van der Waals surface area contributed by atoms with Crippen LogP contribution in [0.25, 0.3) is 5.69 Å². The number of aryl methyl sites for hydroxylation is 1. The highest BCUT2D eigenvalue weighted by molar-refractivity contribution is 5.96. The average Bonchev–Trinajstić information content (AvgIpc) is 2.95. The van der Waals surface area contributed by atoms with Crippen LogP contribution in [0.2, 0.25) is 0 Å². The SMILES string of the molecule is Cc1nn(-c2ccccc2)c(C)c1C(=O)NCc1ccc(CN(C)C)cc1. The van der Waals surface area contributed by atoms with Gasteiger partial charge in [0.05, 0.1) is 22.6 Å². The fraction of sp³-hybridized carbons (Fsp3) is 0.273. The lowest BCUT2D eigenvalue weighted by atomic mass is 10.1. The van der Waals surface area contributed by atoms with Gasteiger partial charge in [0.2, 0.25) is 0 Å². The predicted molar refractivity (Wildman–Crippen MR) is 108 cm³/mol. The number of nitrogens with zero attached hydrogens (tertiary/aromatic N) is 3. The maximum atomic E-state index is 12.7. The Kier molecular flexibility index (Phi) is 5.72. The van der Waals surface area contributed by atoms with E-state index in [1.54, 1.807) is 0 Å². The molecule has 0 saturated carbocycles. The van der Waals surface area contributed by atoms with Gasteiger partial charge in [0.15, 0.2) is 0 Å². The van der Waals surface area contributed by atoms with Gasteiger partial charge in [0, 0.05) is 13.1 Å². The molecule has 0 aliphatic heterocycles. The van der Waals surface area contributed by atoms with Gasteiger partial charge in [-0.2, -0.15) is 5.10 Å². The van der Waals surface area contributed by atoms with Crippen molar-refractivity contribution in [1.82, 2.24) is 20.0 Å². The molecule has 0 unspecified atom stereocenters. The Labute approximate surface area is 160 Å². The Morgan fingerprint density at radius 2 is 1.63 bits per heavy atom. The Morgan fingerprint density at radius 3 is 2.26 bits per heavy atom. The summed E-state index contributed by atoms with van der Waals surface area (Å²) in [5.74, 6) is -0.0930. The number of carbonyl (C=O) groups excluding carboxylic acids is 1. The molecular weight excluding hydrogens is 336 g/mol. The minimum absolute atomic E-state index is 0.0930. The van der Waals surface area contributed by atoms with Gasteiger partial charge < -0.3 is 10.2 Å². The number of aromatic nitrogens is 2. The molecule has 1 amide bonds. The van der Waals surface area contributed by atoms with Gasteiger partial charge in [-0.1, -0.05) is 42.5 Å². The zero-order chi connectivity index (χ0) is 19.4. The first kappa shape index (κ1) is 18.9. The molecule has 3 aromatic rings. The van der Waals surface area contributed by atoms with Gasteiger partial charge in [-0.15, -0.1) is 0 Å². The predicted octanol–water partition coefficient (Wildman–Crippen LogP) is 3.48. The molecule has 0 fully saturated rings. The molecule has 0 spiro atoms. The quantitative estimate of drug-likeness (QED) is 0.730. The van der Waals surface area contributed by atoms with Crippen LogP contribution in [0.5, 0.6) is 0 Å². The lowest BCUT2D eigenvalue weighted by Gasteiger charge is -2.10. The fourth-order valence-electron chi connectivity index (χ4n) is 3.19. The van der Waals surface area contributed by atoms with Crippen molar-refractivity contribution in [2.45, 2.75) is 26.9 Å². The summed E-state index contributed by atoms with van der Waals surface area (Å²) in [6.45, 7) is 5.20.